The molecule has 0 aliphatic rings. The lowest BCUT2D eigenvalue weighted by molar-refractivity contribution is -0.148. The number of rotatable bonds is 5. The number of nitriles is 1. The fraction of sp³-hybridized carbons (Fsp3) is 0.105. The molecule has 1 N–H and O–H groups in total. The van der Waals surface area contributed by atoms with E-state index < -0.39 is 18.0 Å². The highest BCUT2D eigenvalue weighted by Crippen LogP contribution is 2.12. The van der Waals surface area contributed by atoms with Crippen molar-refractivity contribution in [1.82, 2.24) is 0 Å². The van der Waals surface area contributed by atoms with Gasteiger partial charge in [-0.25, -0.2) is 4.79 Å². The Morgan fingerprint density at radius 2 is 1.96 bits per heavy atom. The monoisotopic (exact) mass is 354 g/mol. The maximum Gasteiger partial charge on any atom is 0.331 e. The number of anilines is 1. The molecule has 1 amide bonds. The van der Waals surface area contributed by atoms with Gasteiger partial charge in [0.05, 0.1) is 11.6 Å². The van der Waals surface area contributed by atoms with Crippen LogP contribution < -0.4 is 5.32 Å². The molecule has 0 spiro atoms. The average Bonchev–Trinajstić information content (AvgIpc) is 2.61. The highest BCUT2D eigenvalue weighted by Gasteiger charge is 2.16. The number of carbonyl (C=O) groups is 2. The van der Waals surface area contributed by atoms with Gasteiger partial charge in [-0.3, -0.25) is 4.79 Å². The summed E-state index contributed by atoms with van der Waals surface area (Å²) in [6.45, 7) is 1.47. The largest absolute Gasteiger partial charge is 0.449 e. The van der Waals surface area contributed by atoms with E-state index in [0.29, 0.717) is 16.3 Å². The molecule has 0 radical (unpaired) electrons. The van der Waals surface area contributed by atoms with Crippen LogP contribution in [-0.2, 0) is 14.3 Å². The van der Waals surface area contributed by atoms with E-state index in [1.807, 2.05) is 6.07 Å². The number of halogens is 1. The van der Waals surface area contributed by atoms with Crippen LogP contribution in [0, 0.1) is 11.3 Å². The molecule has 2 rings (SSSR count). The van der Waals surface area contributed by atoms with E-state index in [1.165, 1.54) is 19.1 Å². The van der Waals surface area contributed by atoms with Crippen LogP contribution in [0.5, 0.6) is 0 Å². The van der Waals surface area contributed by atoms with Gasteiger partial charge in [0, 0.05) is 16.8 Å². The number of hydrogen-bond donors (Lipinski definition) is 1. The minimum absolute atomic E-state index is 0.424. The zero-order valence-corrected chi connectivity index (χ0v) is 14.2. The Bertz CT molecular complexity index is 838. The van der Waals surface area contributed by atoms with Crippen molar-refractivity contribution in [3.8, 4) is 6.07 Å². The molecular weight excluding hydrogens is 340 g/mol. The molecule has 126 valence electrons. The SMILES string of the molecule is CC(OC(=O)/C=C/c1ccc(Cl)cc1)C(=O)Nc1cccc(C#N)c1. The second kappa shape index (κ2) is 8.67. The van der Waals surface area contributed by atoms with Crippen molar-refractivity contribution in [2.24, 2.45) is 0 Å². The maximum atomic E-state index is 12.0. The molecule has 0 heterocycles. The molecule has 25 heavy (non-hydrogen) atoms. The fourth-order valence-electron chi connectivity index (χ4n) is 1.92. The van der Waals surface area contributed by atoms with E-state index in [2.05, 4.69) is 5.32 Å². The van der Waals surface area contributed by atoms with Gasteiger partial charge < -0.3 is 10.1 Å². The number of nitrogens with zero attached hydrogens (tertiary/aromatic N) is 1. The van der Waals surface area contributed by atoms with Crippen molar-refractivity contribution >= 4 is 35.2 Å². The second-order valence-corrected chi connectivity index (χ2v) is 5.58. The van der Waals surface area contributed by atoms with Crippen molar-refractivity contribution in [1.29, 1.82) is 5.26 Å². The summed E-state index contributed by atoms with van der Waals surface area (Å²) >= 11 is 5.79. The second-order valence-electron chi connectivity index (χ2n) is 5.15. The molecule has 2 aromatic rings. The van der Waals surface area contributed by atoms with Crippen molar-refractivity contribution in [3.63, 3.8) is 0 Å². The lowest BCUT2D eigenvalue weighted by Crippen LogP contribution is -2.29. The van der Waals surface area contributed by atoms with Crippen molar-refractivity contribution in [3.05, 3.63) is 70.8 Å². The summed E-state index contributed by atoms with van der Waals surface area (Å²) in [5.74, 6) is -1.12. The fourth-order valence-corrected chi connectivity index (χ4v) is 2.04. The van der Waals surface area contributed by atoms with E-state index in [1.54, 1.807) is 48.5 Å². The molecule has 1 unspecified atom stereocenters. The minimum Gasteiger partial charge on any atom is -0.449 e. The van der Waals surface area contributed by atoms with E-state index in [4.69, 9.17) is 21.6 Å². The van der Waals surface area contributed by atoms with Crippen molar-refractivity contribution in [2.45, 2.75) is 13.0 Å². The lowest BCUT2D eigenvalue weighted by atomic mass is 10.2. The highest BCUT2D eigenvalue weighted by atomic mass is 35.5. The molecule has 0 bridgehead atoms. The quantitative estimate of drug-likeness (QED) is 0.654. The Morgan fingerprint density at radius 1 is 1.24 bits per heavy atom. The topological polar surface area (TPSA) is 79.2 Å². The van der Waals surface area contributed by atoms with Gasteiger partial charge in [-0.15, -0.1) is 0 Å². The summed E-state index contributed by atoms with van der Waals surface area (Å²) < 4.78 is 5.06. The summed E-state index contributed by atoms with van der Waals surface area (Å²) in [5, 5.41) is 12.0. The van der Waals surface area contributed by atoms with Crippen LogP contribution >= 0.6 is 11.6 Å². The summed E-state index contributed by atoms with van der Waals surface area (Å²) in [4.78, 5) is 23.8. The number of ether oxygens (including phenoxy) is 1. The normalized spacial score (nSPS) is 11.6. The third-order valence-corrected chi connectivity index (χ3v) is 3.46. The van der Waals surface area contributed by atoms with Crippen LogP contribution in [-0.4, -0.2) is 18.0 Å². The van der Waals surface area contributed by atoms with Gasteiger partial charge in [0.2, 0.25) is 0 Å². The summed E-state index contributed by atoms with van der Waals surface area (Å²) in [7, 11) is 0. The summed E-state index contributed by atoms with van der Waals surface area (Å²) in [6.07, 6.45) is 1.83. The van der Waals surface area contributed by atoms with Crippen LogP contribution in [0.3, 0.4) is 0 Å². The van der Waals surface area contributed by atoms with Gasteiger partial charge in [0.15, 0.2) is 6.10 Å². The Hall–Kier alpha value is -3.10. The molecule has 0 aliphatic heterocycles. The molecule has 0 fully saturated rings. The third-order valence-electron chi connectivity index (χ3n) is 3.20. The number of nitrogens with one attached hydrogen (secondary N) is 1. The zero-order chi connectivity index (χ0) is 18.2. The first-order valence-corrected chi connectivity index (χ1v) is 7.81. The standard InChI is InChI=1S/C19H15ClN2O3/c1-13(19(24)22-17-4-2-3-15(11-17)12-21)25-18(23)10-7-14-5-8-16(20)9-6-14/h2-11,13H,1H3,(H,22,24)/b10-7+. The third kappa shape index (κ3) is 5.79. The van der Waals surface area contributed by atoms with Gasteiger partial charge >= 0.3 is 5.97 Å². The van der Waals surface area contributed by atoms with Crippen LogP contribution in [0.2, 0.25) is 5.02 Å². The number of benzene rings is 2. The Balaban J connectivity index is 1.90. The molecule has 0 saturated heterocycles. The molecule has 6 heteroatoms. The number of carbonyl (C=O) groups excluding carboxylic acids is 2. The van der Waals surface area contributed by atoms with Crippen LogP contribution in [0.1, 0.15) is 18.1 Å². The molecule has 0 aromatic heterocycles. The van der Waals surface area contributed by atoms with Crippen LogP contribution in [0.25, 0.3) is 6.08 Å². The predicted octanol–water partition coefficient (Wildman–Crippen LogP) is 3.80. The molecule has 0 aliphatic carbocycles. The van der Waals surface area contributed by atoms with Gasteiger partial charge in [0.25, 0.3) is 5.91 Å². The molecule has 5 nitrogen and oxygen atoms in total. The van der Waals surface area contributed by atoms with Gasteiger partial charge in [0.1, 0.15) is 0 Å². The summed E-state index contributed by atoms with van der Waals surface area (Å²) in [6, 6.07) is 15.4. The zero-order valence-electron chi connectivity index (χ0n) is 13.4. The maximum absolute atomic E-state index is 12.0. The first-order chi connectivity index (χ1) is 12.0. The minimum atomic E-state index is -0.979. The van der Waals surface area contributed by atoms with Crippen molar-refractivity contribution in [2.75, 3.05) is 5.32 Å². The molecule has 0 saturated carbocycles. The van der Waals surface area contributed by atoms with Crippen molar-refractivity contribution < 1.29 is 14.3 Å². The van der Waals surface area contributed by atoms with E-state index in [0.717, 1.165) is 5.56 Å². The van der Waals surface area contributed by atoms with E-state index >= 15 is 0 Å². The molecular formula is C19H15ClN2O3. The first kappa shape index (κ1) is 18.2. The van der Waals surface area contributed by atoms with Crippen LogP contribution in [0.15, 0.2) is 54.6 Å². The first-order valence-electron chi connectivity index (χ1n) is 7.43. The molecule has 1 atom stereocenters. The van der Waals surface area contributed by atoms with Gasteiger partial charge in [-0.05, 0) is 48.9 Å². The van der Waals surface area contributed by atoms with Crippen LogP contribution in [0.4, 0.5) is 5.69 Å². The molecule has 2 aromatic carbocycles. The number of hydrogen-bond acceptors (Lipinski definition) is 4. The van der Waals surface area contributed by atoms with E-state index in [9.17, 15) is 9.59 Å². The Morgan fingerprint density at radius 3 is 2.64 bits per heavy atom. The predicted molar refractivity (Wildman–Crippen MR) is 95.8 cm³/mol. The van der Waals surface area contributed by atoms with E-state index in [-0.39, 0.29) is 0 Å². The van der Waals surface area contributed by atoms with Gasteiger partial charge in [-0.2, -0.15) is 5.26 Å². The lowest BCUT2D eigenvalue weighted by Gasteiger charge is -2.12. The summed E-state index contributed by atoms with van der Waals surface area (Å²) in [5.41, 5.74) is 1.67. The average molecular weight is 355 g/mol. The number of amides is 1. The number of esters is 1. The Kier molecular flexibility index (Phi) is 6.33. The smallest absolute Gasteiger partial charge is 0.331 e. The van der Waals surface area contributed by atoms with Gasteiger partial charge in [-0.1, -0.05) is 29.8 Å². The highest BCUT2D eigenvalue weighted by molar-refractivity contribution is 6.30. The Labute approximate surface area is 150 Å².